The minimum absolute atomic E-state index is 0.175. The lowest BCUT2D eigenvalue weighted by Crippen LogP contribution is -2.44. The van der Waals surface area contributed by atoms with Gasteiger partial charge in [-0.15, -0.1) is 10.2 Å². The third kappa shape index (κ3) is 4.75. The highest BCUT2D eigenvalue weighted by Gasteiger charge is 2.26. The van der Waals surface area contributed by atoms with E-state index in [4.69, 9.17) is 0 Å². The highest BCUT2D eigenvalue weighted by Crippen LogP contribution is 2.24. The van der Waals surface area contributed by atoms with Crippen LogP contribution in [0.15, 0.2) is 35.7 Å². The van der Waals surface area contributed by atoms with E-state index >= 15 is 0 Å². The molecule has 1 aromatic carbocycles. The highest BCUT2D eigenvalue weighted by atomic mass is 32.2. The van der Waals surface area contributed by atoms with Crippen molar-refractivity contribution in [2.24, 2.45) is 7.05 Å². The molecule has 1 N–H and O–H groups in total. The largest absolute Gasteiger partial charge is 0.508 e. The van der Waals surface area contributed by atoms with Gasteiger partial charge in [0.05, 0.1) is 5.75 Å². The van der Waals surface area contributed by atoms with E-state index in [1.165, 1.54) is 18.2 Å². The number of nitrogens with zero attached hydrogens (tertiary/aromatic N) is 4. The summed E-state index contributed by atoms with van der Waals surface area (Å²) in [6, 6.07) is 7.66. The number of hydrogen-bond donors (Lipinski definition) is 1. The highest BCUT2D eigenvalue weighted by molar-refractivity contribution is 7.99. The van der Waals surface area contributed by atoms with Gasteiger partial charge in [0.25, 0.3) is 0 Å². The number of hydrogen-bond acceptors (Lipinski definition) is 5. The second-order valence-electron chi connectivity index (χ2n) is 6.46. The van der Waals surface area contributed by atoms with Crippen LogP contribution in [0.4, 0.5) is 0 Å². The Bertz CT molecular complexity index is 719. The third-order valence-electron chi connectivity index (χ3n) is 4.62. The summed E-state index contributed by atoms with van der Waals surface area (Å²) in [6.07, 6.45) is 6.75. The number of piperidine rings is 1. The predicted molar refractivity (Wildman–Crippen MR) is 97.5 cm³/mol. The lowest BCUT2D eigenvalue weighted by Gasteiger charge is -2.36. The molecule has 25 heavy (non-hydrogen) atoms. The van der Waals surface area contributed by atoms with Crippen molar-refractivity contribution in [2.75, 3.05) is 12.3 Å². The maximum Gasteiger partial charge on any atom is 0.233 e. The molecule has 0 spiro atoms. The zero-order valence-corrected chi connectivity index (χ0v) is 15.3. The van der Waals surface area contributed by atoms with Crippen molar-refractivity contribution in [1.82, 2.24) is 19.7 Å². The van der Waals surface area contributed by atoms with Crippen LogP contribution in [0.3, 0.4) is 0 Å². The summed E-state index contributed by atoms with van der Waals surface area (Å²) in [5.41, 5.74) is 1.12. The standard InChI is InChI=1S/C18H24N4O2S/c1-21-13-19-20-18(21)25-12-17(24)22-10-3-2-6-15(22)9-8-14-5-4-7-16(23)11-14/h4-5,7,11,13,15,23H,2-3,6,8-10,12H2,1H3/t15-/m0/s1. The van der Waals surface area contributed by atoms with Gasteiger partial charge in [-0.25, -0.2) is 0 Å². The number of aromatic nitrogens is 3. The first-order chi connectivity index (χ1) is 12.1. The maximum absolute atomic E-state index is 12.7. The van der Waals surface area contributed by atoms with Gasteiger partial charge in [0, 0.05) is 19.6 Å². The molecule has 0 radical (unpaired) electrons. The van der Waals surface area contributed by atoms with Crippen molar-refractivity contribution < 1.29 is 9.90 Å². The van der Waals surface area contributed by atoms with E-state index in [9.17, 15) is 9.90 Å². The number of carbonyl (C=O) groups is 1. The van der Waals surface area contributed by atoms with E-state index in [0.29, 0.717) is 11.5 Å². The number of carbonyl (C=O) groups excluding carboxylic acids is 1. The van der Waals surface area contributed by atoms with Gasteiger partial charge in [-0.1, -0.05) is 23.9 Å². The van der Waals surface area contributed by atoms with Crippen LogP contribution < -0.4 is 0 Å². The van der Waals surface area contributed by atoms with Crippen LogP contribution in [0.5, 0.6) is 5.75 Å². The summed E-state index contributed by atoms with van der Waals surface area (Å²) in [6.45, 7) is 0.836. The average molecular weight is 360 g/mol. The molecular formula is C18H24N4O2S. The zero-order valence-electron chi connectivity index (χ0n) is 14.5. The van der Waals surface area contributed by atoms with Gasteiger partial charge >= 0.3 is 0 Å². The Morgan fingerprint density at radius 1 is 1.40 bits per heavy atom. The number of likely N-dealkylation sites (tertiary alicyclic amines) is 1. The Morgan fingerprint density at radius 2 is 2.28 bits per heavy atom. The fourth-order valence-electron chi connectivity index (χ4n) is 3.29. The van der Waals surface area contributed by atoms with Crippen LogP contribution in [-0.2, 0) is 18.3 Å². The number of phenols is 1. The van der Waals surface area contributed by atoms with E-state index < -0.39 is 0 Å². The second-order valence-corrected chi connectivity index (χ2v) is 7.40. The van der Waals surface area contributed by atoms with Gasteiger partial charge < -0.3 is 14.6 Å². The zero-order chi connectivity index (χ0) is 17.6. The number of amides is 1. The minimum atomic E-state index is 0.175. The van der Waals surface area contributed by atoms with Crippen LogP contribution >= 0.6 is 11.8 Å². The van der Waals surface area contributed by atoms with Gasteiger partial charge in [-0.3, -0.25) is 4.79 Å². The molecule has 0 saturated carbocycles. The molecule has 134 valence electrons. The number of rotatable bonds is 6. The Morgan fingerprint density at radius 3 is 3.04 bits per heavy atom. The number of thioether (sulfide) groups is 1. The molecule has 1 aromatic heterocycles. The molecule has 0 bridgehead atoms. The van der Waals surface area contributed by atoms with Crippen molar-refractivity contribution in [3.63, 3.8) is 0 Å². The van der Waals surface area contributed by atoms with E-state index in [1.807, 2.05) is 28.6 Å². The van der Waals surface area contributed by atoms with E-state index in [0.717, 1.165) is 42.9 Å². The maximum atomic E-state index is 12.7. The van der Waals surface area contributed by atoms with Crippen molar-refractivity contribution in [3.05, 3.63) is 36.2 Å². The lowest BCUT2D eigenvalue weighted by atomic mass is 9.96. The smallest absolute Gasteiger partial charge is 0.233 e. The first-order valence-corrected chi connectivity index (χ1v) is 9.66. The van der Waals surface area contributed by atoms with E-state index in [-0.39, 0.29) is 11.9 Å². The summed E-state index contributed by atoms with van der Waals surface area (Å²) in [5, 5.41) is 18.2. The van der Waals surface area contributed by atoms with Crippen molar-refractivity contribution in [3.8, 4) is 5.75 Å². The number of phenolic OH excluding ortho intramolecular Hbond substituents is 1. The van der Waals surface area contributed by atoms with Crippen LogP contribution in [0.25, 0.3) is 0 Å². The number of aromatic hydroxyl groups is 1. The fourth-order valence-corrected chi connectivity index (χ4v) is 4.06. The lowest BCUT2D eigenvalue weighted by molar-refractivity contribution is -0.132. The molecular weight excluding hydrogens is 336 g/mol. The summed E-state index contributed by atoms with van der Waals surface area (Å²) in [5.74, 6) is 0.873. The molecule has 1 saturated heterocycles. The Labute approximate surface area is 152 Å². The molecule has 0 aliphatic carbocycles. The van der Waals surface area contributed by atoms with Crippen LogP contribution in [0, 0.1) is 0 Å². The Hall–Kier alpha value is -2.02. The Kier molecular flexibility index (Phi) is 5.96. The molecule has 1 amide bonds. The summed E-state index contributed by atoms with van der Waals surface area (Å²) in [4.78, 5) is 14.7. The first-order valence-electron chi connectivity index (χ1n) is 8.67. The minimum Gasteiger partial charge on any atom is -0.508 e. The van der Waals surface area contributed by atoms with Gasteiger partial charge in [0.1, 0.15) is 12.1 Å². The molecule has 6 nitrogen and oxygen atoms in total. The van der Waals surface area contributed by atoms with E-state index in [2.05, 4.69) is 10.2 Å². The van der Waals surface area contributed by atoms with Crippen LogP contribution in [-0.4, -0.2) is 49.0 Å². The molecule has 1 fully saturated rings. The molecule has 2 heterocycles. The average Bonchev–Trinajstić information content (AvgIpc) is 3.03. The van der Waals surface area contributed by atoms with Gasteiger partial charge in [0.15, 0.2) is 5.16 Å². The molecule has 7 heteroatoms. The topological polar surface area (TPSA) is 71.2 Å². The molecule has 2 aromatic rings. The van der Waals surface area contributed by atoms with Crippen molar-refractivity contribution in [1.29, 1.82) is 0 Å². The molecule has 1 aliphatic rings. The summed E-state index contributed by atoms with van der Waals surface area (Å²) in [7, 11) is 1.88. The quantitative estimate of drug-likeness (QED) is 0.802. The van der Waals surface area contributed by atoms with Gasteiger partial charge in [-0.2, -0.15) is 0 Å². The number of benzene rings is 1. The normalized spacial score (nSPS) is 17.6. The van der Waals surface area contributed by atoms with Crippen molar-refractivity contribution >= 4 is 17.7 Å². The third-order valence-corrected chi connectivity index (χ3v) is 5.64. The van der Waals surface area contributed by atoms with E-state index in [1.54, 1.807) is 18.5 Å². The second kappa shape index (κ2) is 8.38. The van der Waals surface area contributed by atoms with Crippen molar-refractivity contribution in [2.45, 2.75) is 43.3 Å². The molecule has 0 unspecified atom stereocenters. The molecule has 1 atom stereocenters. The van der Waals surface area contributed by atoms with Crippen LogP contribution in [0.2, 0.25) is 0 Å². The monoisotopic (exact) mass is 360 g/mol. The Balaban J connectivity index is 1.56. The molecule has 1 aliphatic heterocycles. The van der Waals surface area contributed by atoms with Gasteiger partial charge in [-0.05, 0) is 49.8 Å². The summed E-state index contributed by atoms with van der Waals surface area (Å²) < 4.78 is 1.83. The fraction of sp³-hybridized carbons (Fsp3) is 0.500. The summed E-state index contributed by atoms with van der Waals surface area (Å²) >= 11 is 1.44. The van der Waals surface area contributed by atoms with Gasteiger partial charge in [0.2, 0.25) is 5.91 Å². The first kappa shape index (κ1) is 17.8. The molecule has 3 rings (SSSR count). The van der Waals surface area contributed by atoms with Crippen LogP contribution in [0.1, 0.15) is 31.2 Å². The predicted octanol–water partition coefficient (Wildman–Crippen LogP) is 2.63. The SMILES string of the molecule is Cn1cnnc1SCC(=O)N1CCCC[C@H]1CCc1cccc(O)c1. The number of aryl methyl sites for hydroxylation is 2.